The molecule has 0 aliphatic rings. The third kappa shape index (κ3) is 4.38. The van der Waals surface area contributed by atoms with E-state index >= 15 is 0 Å². The summed E-state index contributed by atoms with van der Waals surface area (Å²) in [5.74, 6) is -0.119. The molecule has 0 spiro atoms. The Balaban J connectivity index is 2.56. The molecule has 0 saturated heterocycles. The molecule has 0 bridgehead atoms. The first-order chi connectivity index (χ1) is 12.6. The Morgan fingerprint density at radius 3 is 2.59 bits per heavy atom. The summed E-state index contributed by atoms with van der Waals surface area (Å²) < 4.78 is 47.5. The zero-order valence-electron chi connectivity index (χ0n) is 15.5. The fraction of sp³-hybridized carbons (Fsp3) is 0.471. The van der Waals surface area contributed by atoms with Crippen molar-refractivity contribution in [3.8, 4) is 5.75 Å². The number of aryl methyl sites for hydroxylation is 1. The zero-order chi connectivity index (χ0) is 20.2. The van der Waals surface area contributed by atoms with Crippen LogP contribution in [0.4, 0.5) is 18.9 Å². The van der Waals surface area contributed by atoms with Gasteiger partial charge in [0.05, 0.1) is 25.7 Å². The number of nitrogens with zero attached hydrogens (tertiary/aromatic N) is 5. The van der Waals surface area contributed by atoms with Gasteiger partial charge in [0.25, 0.3) is 0 Å². The summed E-state index contributed by atoms with van der Waals surface area (Å²) >= 11 is 0. The smallest absolute Gasteiger partial charge is 0.423 e. The number of aromatic nitrogens is 3. The average molecular weight is 385 g/mol. The normalized spacial score (nSPS) is 14.4. The van der Waals surface area contributed by atoms with Crippen LogP contribution < -0.4 is 4.74 Å². The first-order valence-electron chi connectivity index (χ1n) is 8.17. The maximum Gasteiger partial charge on any atom is 0.423 e. The van der Waals surface area contributed by atoms with E-state index < -0.39 is 23.9 Å². The summed E-state index contributed by atoms with van der Waals surface area (Å²) in [5.41, 5.74) is -2.71. The maximum atomic E-state index is 13.8. The molecule has 1 atom stereocenters. The molecule has 0 saturated carbocycles. The van der Waals surface area contributed by atoms with Crippen LogP contribution in [0.2, 0.25) is 0 Å². The highest BCUT2D eigenvalue weighted by molar-refractivity contribution is 5.65. The number of methoxy groups -OCH3 is 1. The van der Waals surface area contributed by atoms with Crippen molar-refractivity contribution in [2.75, 3.05) is 20.7 Å². The van der Waals surface area contributed by atoms with E-state index in [2.05, 4.69) is 15.1 Å². The highest BCUT2D eigenvalue weighted by atomic mass is 19.4. The molecule has 1 aromatic heterocycles. The highest BCUT2D eigenvalue weighted by Gasteiger charge is 2.57. The van der Waals surface area contributed by atoms with E-state index in [0.717, 1.165) is 23.9 Å². The Morgan fingerprint density at radius 1 is 1.37 bits per heavy atom. The van der Waals surface area contributed by atoms with Gasteiger partial charge in [0.1, 0.15) is 18.4 Å². The fourth-order valence-corrected chi connectivity index (χ4v) is 2.43. The minimum atomic E-state index is -4.97. The molecule has 0 aliphatic heterocycles. The van der Waals surface area contributed by atoms with Gasteiger partial charge in [-0.3, -0.25) is 0 Å². The summed E-state index contributed by atoms with van der Waals surface area (Å²) in [6.07, 6.45) is -1.19. The first kappa shape index (κ1) is 20.7. The minimum Gasteiger partial charge on any atom is -0.496 e. The van der Waals surface area contributed by atoms with Gasteiger partial charge in [-0.05, 0) is 25.5 Å². The van der Waals surface area contributed by atoms with E-state index in [0.29, 0.717) is 11.3 Å². The van der Waals surface area contributed by atoms with Crippen LogP contribution >= 0.6 is 0 Å². The molecule has 1 aromatic carbocycles. The molecule has 1 unspecified atom stereocenters. The van der Waals surface area contributed by atoms with Gasteiger partial charge in [0.15, 0.2) is 0 Å². The maximum absolute atomic E-state index is 13.8. The molecule has 27 heavy (non-hydrogen) atoms. The molecule has 0 aliphatic carbocycles. The zero-order valence-corrected chi connectivity index (χ0v) is 15.5. The van der Waals surface area contributed by atoms with Crippen LogP contribution in [0.5, 0.6) is 5.75 Å². The highest BCUT2D eigenvalue weighted by Crippen LogP contribution is 2.45. The Bertz CT molecular complexity index is 793. The summed E-state index contributed by atoms with van der Waals surface area (Å²) in [4.78, 5) is 9.72. The number of hydrogen-bond donors (Lipinski definition) is 1. The molecule has 0 radical (unpaired) electrons. The first-order valence-corrected chi connectivity index (χ1v) is 8.17. The molecule has 10 heteroatoms. The van der Waals surface area contributed by atoms with E-state index in [1.54, 1.807) is 13.3 Å². The number of rotatable bonds is 7. The summed E-state index contributed by atoms with van der Waals surface area (Å²) in [7, 11) is 3.07. The summed E-state index contributed by atoms with van der Waals surface area (Å²) in [5, 5.41) is 14.3. The van der Waals surface area contributed by atoms with Gasteiger partial charge in [0, 0.05) is 25.2 Å². The van der Waals surface area contributed by atoms with Crippen molar-refractivity contribution >= 4 is 12.0 Å². The lowest BCUT2D eigenvalue weighted by Crippen LogP contribution is -2.46. The molecule has 2 rings (SSSR count). The van der Waals surface area contributed by atoms with Gasteiger partial charge < -0.3 is 14.7 Å². The molecule has 2 aromatic rings. The predicted octanol–water partition coefficient (Wildman–Crippen LogP) is 2.66. The van der Waals surface area contributed by atoms with E-state index in [-0.39, 0.29) is 5.75 Å². The molecular formula is C17H22F3N5O2. The Hall–Kier alpha value is -2.62. The lowest BCUT2D eigenvalue weighted by atomic mass is 9.90. The average Bonchev–Trinajstić information content (AvgIpc) is 3.11. The van der Waals surface area contributed by atoms with E-state index in [9.17, 15) is 18.3 Å². The monoisotopic (exact) mass is 385 g/mol. The van der Waals surface area contributed by atoms with Crippen LogP contribution in [0.15, 0.2) is 29.8 Å². The molecule has 0 fully saturated rings. The Labute approximate surface area is 155 Å². The number of hydrogen-bond acceptors (Lipinski definition) is 5. The standard InChI is InChI=1S/C17H22F3N5O2/c1-5-24(3)11-22-14-7-15(27-4)13(6-12(14)2)16(26,17(18,19)20)8-25-10-21-9-23-25/h6-7,9-11,26H,5,8H2,1-4H3. The van der Waals surface area contributed by atoms with Gasteiger partial charge in [-0.25, -0.2) is 14.7 Å². The van der Waals surface area contributed by atoms with Crippen molar-refractivity contribution in [2.24, 2.45) is 4.99 Å². The fourth-order valence-electron chi connectivity index (χ4n) is 2.43. The number of benzene rings is 1. The van der Waals surface area contributed by atoms with Crippen molar-refractivity contribution < 1.29 is 23.0 Å². The summed E-state index contributed by atoms with van der Waals surface area (Å²) in [6.45, 7) is 3.43. The third-order valence-corrected chi connectivity index (χ3v) is 4.18. The number of alkyl halides is 3. The van der Waals surface area contributed by atoms with Gasteiger partial charge in [0.2, 0.25) is 5.60 Å². The second-order valence-corrected chi connectivity index (χ2v) is 6.11. The Morgan fingerprint density at radius 2 is 2.07 bits per heavy atom. The van der Waals surface area contributed by atoms with E-state index in [1.807, 2.05) is 18.9 Å². The van der Waals surface area contributed by atoms with Gasteiger partial charge in [-0.1, -0.05) is 0 Å². The number of halogens is 3. The van der Waals surface area contributed by atoms with Crippen LogP contribution in [-0.4, -0.2) is 58.0 Å². The van der Waals surface area contributed by atoms with Crippen LogP contribution in [0.3, 0.4) is 0 Å². The Kier molecular flexibility index (Phi) is 6.09. The van der Waals surface area contributed by atoms with Crippen LogP contribution in [0.25, 0.3) is 0 Å². The lowest BCUT2D eigenvalue weighted by molar-refractivity contribution is -0.273. The van der Waals surface area contributed by atoms with Crippen LogP contribution in [0, 0.1) is 6.92 Å². The SMILES string of the molecule is CCN(C)C=Nc1cc(OC)c(C(O)(Cn2cncn2)C(F)(F)F)cc1C. The lowest BCUT2D eigenvalue weighted by Gasteiger charge is -2.32. The molecular weight excluding hydrogens is 363 g/mol. The van der Waals surface area contributed by atoms with Crippen molar-refractivity contribution in [3.05, 3.63) is 35.9 Å². The largest absolute Gasteiger partial charge is 0.496 e. The molecule has 7 nitrogen and oxygen atoms in total. The van der Waals surface area contributed by atoms with Gasteiger partial charge in [-0.2, -0.15) is 18.3 Å². The summed E-state index contributed by atoms with van der Waals surface area (Å²) in [6, 6.07) is 2.62. The van der Waals surface area contributed by atoms with Crippen LogP contribution in [-0.2, 0) is 12.1 Å². The molecule has 148 valence electrons. The molecule has 0 amide bonds. The number of aliphatic imine (C=N–C) groups is 1. The minimum absolute atomic E-state index is 0.119. The second kappa shape index (κ2) is 7.95. The topological polar surface area (TPSA) is 75.8 Å². The second-order valence-electron chi connectivity index (χ2n) is 6.11. The van der Waals surface area contributed by atoms with Crippen molar-refractivity contribution in [2.45, 2.75) is 32.2 Å². The van der Waals surface area contributed by atoms with Crippen molar-refractivity contribution in [3.63, 3.8) is 0 Å². The third-order valence-electron chi connectivity index (χ3n) is 4.18. The van der Waals surface area contributed by atoms with E-state index in [1.165, 1.54) is 19.2 Å². The predicted molar refractivity (Wildman–Crippen MR) is 94.2 cm³/mol. The van der Waals surface area contributed by atoms with Crippen molar-refractivity contribution in [1.82, 2.24) is 19.7 Å². The number of ether oxygens (including phenoxy) is 1. The van der Waals surface area contributed by atoms with Gasteiger partial charge >= 0.3 is 6.18 Å². The van der Waals surface area contributed by atoms with E-state index in [4.69, 9.17) is 4.74 Å². The van der Waals surface area contributed by atoms with Gasteiger partial charge in [-0.15, -0.1) is 0 Å². The van der Waals surface area contributed by atoms with Crippen molar-refractivity contribution in [1.29, 1.82) is 0 Å². The molecule has 1 heterocycles. The molecule has 1 N–H and O–H groups in total. The quantitative estimate of drug-likeness (QED) is 0.586. The van der Waals surface area contributed by atoms with Crippen LogP contribution in [0.1, 0.15) is 18.1 Å². The number of aliphatic hydroxyl groups is 1.